The molecule has 1 amide bonds. The number of hydrogen-bond acceptors (Lipinski definition) is 5. The second-order valence-corrected chi connectivity index (χ2v) is 8.23. The third kappa shape index (κ3) is 3.68. The average molecular weight is 359 g/mol. The maximum atomic E-state index is 12.5. The van der Waals surface area contributed by atoms with Gasteiger partial charge < -0.3 is 10.2 Å². The number of aromatic nitrogens is 1. The highest BCUT2D eigenvalue weighted by atomic mass is 32.1. The number of rotatable bonds is 5. The Bertz CT molecular complexity index is 832. The summed E-state index contributed by atoms with van der Waals surface area (Å²) in [6.45, 7) is 8.40. The van der Waals surface area contributed by atoms with Gasteiger partial charge in [0.15, 0.2) is 5.13 Å². The minimum Gasteiger partial charge on any atom is -0.343 e. The molecule has 1 aromatic heterocycles. The van der Waals surface area contributed by atoms with Crippen molar-refractivity contribution in [3.8, 4) is 0 Å². The number of carbonyl (C=O) groups is 1. The Kier molecular flexibility index (Phi) is 5.08. The van der Waals surface area contributed by atoms with Crippen LogP contribution in [0.2, 0.25) is 0 Å². The first-order valence-corrected chi connectivity index (χ1v) is 9.72. The Morgan fingerprint density at radius 3 is 2.48 bits per heavy atom. The van der Waals surface area contributed by atoms with Crippen LogP contribution >= 0.6 is 11.3 Å². The zero-order valence-corrected chi connectivity index (χ0v) is 16.0. The van der Waals surface area contributed by atoms with Crippen molar-refractivity contribution in [2.75, 3.05) is 10.2 Å². The van der Waals surface area contributed by atoms with Crippen LogP contribution in [0.25, 0.3) is 10.1 Å². The summed E-state index contributed by atoms with van der Waals surface area (Å²) in [5, 5.41) is 4.23. The maximum absolute atomic E-state index is 12.5. The zero-order chi connectivity index (χ0) is 18.1. The summed E-state index contributed by atoms with van der Waals surface area (Å²) in [5.74, 6) is 0.175. The van der Waals surface area contributed by atoms with Crippen molar-refractivity contribution in [2.24, 2.45) is 5.92 Å². The van der Waals surface area contributed by atoms with Gasteiger partial charge in [0.1, 0.15) is 0 Å². The summed E-state index contributed by atoms with van der Waals surface area (Å²) >= 11 is 1.52. The van der Waals surface area contributed by atoms with Gasteiger partial charge in [-0.1, -0.05) is 17.8 Å². The van der Waals surface area contributed by atoms with Crippen LogP contribution in [0.1, 0.15) is 47.0 Å². The van der Waals surface area contributed by atoms with Gasteiger partial charge in [-0.05, 0) is 58.7 Å². The molecule has 1 aliphatic carbocycles. The molecule has 1 saturated carbocycles. The number of nitrogens with zero attached hydrogens (tertiary/aromatic N) is 2. The van der Waals surface area contributed by atoms with Crippen molar-refractivity contribution in [1.29, 1.82) is 0 Å². The molecule has 0 saturated heterocycles. The average Bonchev–Trinajstić information content (AvgIpc) is 2.45. The molecule has 25 heavy (non-hydrogen) atoms. The van der Waals surface area contributed by atoms with E-state index in [4.69, 9.17) is 0 Å². The first kappa shape index (κ1) is 17.9. The highest BCUT2D eigenvalue weighted by Gasteiger charge is 2.25. The summed E-state index contributed by atoms with van der Waals surface area (Å²) in [7, 11) is 0. The van der Waals surface area contributed by atoms with E-state index in [1.54, 1.807) is 6.07 Å². The van der Waals surface area contributed by atoms with Crippen molar-refractivity contribution in [1.82, 2.24) is 4.98 Å². The second-order valence-electron chi connectivity index (χ2n) is 7.22. The van der Waals surface area contributed by atoms with Gasteiger partial charge in [-0.2, -0.15) is 4.98 Å². The molecule has 0 unspecified atom stereocenters. The molecule has 0 bridgehead atoms. The van der Waals surface area contributed by atoms with Crippen LogP contribution in [-0.2, 0) is 4.79 Å². The smallest absolute Gasteiger partial charge is 0.281 e. The summed E-state index contributed by atoms with van der Waals surface area (Å²) in [4.78, 5) is 31.1. The molecule has 3 rings (SSSR count). The Hall–Kier alpha value is -1.95. The predicted molar refractivity (Wildman–Crippen MR) is 105 cm³/mol. The van der Waals surface area contributed by atoms with Crippen LogP contribution in [0.15, 0.2) is 23.0 Å². The van der Waals surface area contributed by atoms with E-state index in [2.05, 4.69) is 42.9 Å². The van der Waals surface area contributed by atoms with Gasteiger partial charge in [-0.3, -0.25) is 9.59 Å². The molecule has 0 aliphatic heterocycles. The minimum atomic E-state index is -0.241. The Labute approximate surface area is 152 Å². The van der Waals surface area contributed by atoms with E-state index < -0.39 is 0 Å². The summed E-state index contributed by atoms with van der Waals surface area (Å²) < 4.78 is 0.892. The van der Waals surface area contributed by atoms with Crippen LogP contribution in [0, 0.1) is 5.92 Å². The van der Waals surface area contributed by atoms with E-state index in [0.717, 1.165) is 29.1 Å². The van der Waals surface area contributed by atoms with Gasteiger partial charge in [0.25, 0.3) is 5.56 Å². The van der Waals surface area contributed by atoms with E-state index in [-0.39, 0.29) is 29.5 Å². The lowest BCUT2D eigenvalue weighted by Crippen LogP contribution is -2.38. The topological polar surface area (TPSA) is 62.3 Å². The number of hydrogen-bond donors (Lipinski definition) is 1. The molecule has 1 heterocycles. The number of carbonyl (C=O) groups excluding carboxylic acids is 1. The SMILES string of the molecule is CC(C)N(c1nc(=O)c2cc(NC(=O)C3CCC3)ccc2s1)C(C)C. The van der Waals surface area contributed by atoms with E-state index in [0.29, 0.717) is 11.1 Å². The fraction of sp³-hybridized carbons (Fsp3) is 0.526. The number of nitrogens with one attached hydrogen (secondary N) is 1. The molecule has 1 N–H and O–H groups in total. The number of benzene rings is 1. The zero-order valence-electron chi connectivity index (χ0n) is 15.2. The molecule has 6 heteroatoms. The molecule has 0 radical (unpaired) electrons. The third-order valence-electron chi connectivity index (χ3n) is 4.69. The first-order valence-electron chi connectivity index (χ1n) is 8.91. The van der Waals surface area contributed by atoms with Gasteiger partial charge in [0.05, 0.1) is 5.39 Å². The number of amides is 1. The molecular formula is C19H25N3O2S. The molecule has 134 valence electrons. The Morgan fingerprint density at radius 2 is 1.92 bits per heavy atom. The van der Waals surface area contributed by atoms with Crippen molar-refractivity contribution >= 4 is 38.1 Å². The number of anilines is 2. The minimum absolute atomic E-state index is 0.0529. The lowest BCUT2D eigenvalue weighted by Gasteiger charge is -2.31. The highest BCUT2D eigenvalue weighted by molar-refractivity contribution is 7.21. The standard InChI is InChI=1S/C19H25N3O2S/c1-11(2)22(12(3)4)19-21-18(24)15-10-14(8-9-16(15)25-19)20-17(23)13-6-5-7-13/h8-13H,5-7H2,1-4H3,(H,20,23). The van der Waals surface area contributed by atoms with Crippen LogP contribution in [-0.4, -0.2) is 23.0 Å². The van der Waals surface area contributed by atoms with Crippen molar-refractivity contribution in [2.45, 2.75) is 59.0 Å². The Balaban J connectivity index is 1.93. The molecule has 1 aliphatic rings. The summed E-state index contributed by atoms with van der Waals surface area (Å²) in [5.41, 5.74) is 0.433. The maximum Gasteiger partial charge on any atom is 0.281 e. The van der Waals surface area contributed by atoms with Crippen molar-refractivity contribution in [3.63, 3.8) is 0 Å². The molecule has 1 fully saturated rings. The van der Waals surface area contributed by atoms with Crippen LogP contribution < -0.4 is 15.8 Å². The predicted octanol–water partition coefficient (Wildman–Crippen LogP) is 4.02. The molecule has 0 atom stereocenters. The van der Waals surface area contributed by atoms with Gasteiger partial charge in [-0.25, -0.2) is 0 Å². The summed E-state index contributed by atoms with van der Waals surface area (Å²) in [6, 6.07) is 6.05. The van der Waals surface area contributed by atoms with Crippen molar-refractivity contribution in [3.05, 3.63) is 28.6 Å². The van der Waals surface area contributed by atoms with Crippen LogP contribution in [0.3, 0.4) is 0 Å². The quantitative estimate of drug-likeness (QED) is 0.876. The van der Waals surface area contributed by atoms with E-state index in [1.165, 1.54) is 11.3 Å². The second kappa shape index (κ2) is 7.12. The monoisotopic (exact) mass is 359 g/mol. The molecule has 2 aromatic rings. The van der Waals surface area contributed by atoms with Gasteiger partial charge in [-0.15, -0.1) is 0 Å². The molecule has 0 spiro atoms. The van der Waals surface area contributed by atoms with Crippen LogP contribution in [0.4, 0.5) is 10.8 Å². The fourth-order valence-corrected chi connectivity index (χ4v) is 4.44. The molecular weight excluding hydrogens is 334 g/mol. The van der Waals surface area contributed by atoms with Gasteiger partial charge in [0, 0.05) is 28.4 Å². The van der Waals surface area contributed by atoms with E-state index in [9.17, 15) is 9.59 Å². The largest absolute Gasteiger partial charge is 0.343 e. The van der Waals surface area contributed by atoms with Gasteiger partial charge in [0.2, 0.25) is 5.91 Å². The Morgan fingerprint density at radius 1 is 1.24 bits per heavy atom. The lowest BCUT2D eigenvalue weighted by molar-refractivity contribution is -0.122. The van der Waals surface area contributed by atoms with Crippen molar-refractivity contribution < 1.29 is 4.79 Å². The molecule has 1 aromatic carbocycles. The molecule has 5 nitrogen and oxygen atoms in total. The first-order chi connectivity index (χ1) is 11.9. The lowest BCUT2D eigenvalue weighted by atomic mass is 9.85. The normalized spacial score (nSPS) is 14.8. The fourth-order valence-electron chi connectivity index (χ4n) is 3.20. The summed E-state index contributed by atoms with van der Waals surface area (Å²) in [6.07, 6.45) is 3.04. The highest BCUT2D eigenvalue weighted by Crippen LogP contribution is 2.30. The van der Waals surface area contributed by atoms with Crippen LogP contribution in [0.5, 0.6) is 0 Å². The van der Waals surface area contributed by atoms with E-state index >= 15 is 0 Å². The van der Waals surface area contributed by atoms with Gasteiger partial charge >= 0.3 is 0 Å². The third-order valence-corrected chi connectivity index (χ3v) is 5.75. The van der Waals surface area contributed by atoms with E-state index in [1.807, 2.05) is 12.1 Å². The number of fused-ring (bicyclic) bond motifs is 1.